The van der Waals surface area contributed by atoms with Gasteiger partial charge in [-0.25, -0.2) is 0 Å². The first-order valence-corrected chi connectivity index (χ1v) is 4.59. The van der Waals surface area contributed by atoms with Crippen LogP contribution >= 0.6 is 0 Å². The largest absolute Gasteiger partial charge is 0.416 e. The highest BCUT2D eigenvalue weighted by atomic mass is 19.4. The average molecular weight is 210 g/mol. The molecule has 0 fully saturated rings. The summed E-state index contributed by atoms with van der Waals surface area (Å²) in [6.45, 7) is 0. The summed E-state index contributed by atoms with van der Waals surface area (Å²) in [6.07, 6.45) is 3.43. The van der Waals surface area contributed by atoms with Crippen LogP contribution in [0.5, 0.6) is 0 Å². The maximum absolute atomic E-state index is 12.3. The van der Waals surface area contributed by atoms with Crippen molar-refractivity contribution in [1.29, 1.82) is 0 Å². The van der Waals surface area contributed by atoms with Gasteiger partial charge < -0.3 is 0 Å². The SMILES string of the molecule is FC(F)(F)c1ccc(C2C=CC=C2)cc1. The van der Waals surface area contributed by atoms with Crippen LogP contribution in [0.2, 0.25) is 0 Å². The highest BCUT2D eigenvalue weighted by Gasteiger charge is 2.30. The van der Waals surface area contributed by atoms with Crippen molar-refractivity contribution in [3.63, 3.8) is 0 Å². The fraction of sp³-hybridized carbons (Fsp3) is 0.167. The fourth-order valence-electron chi connectivity index (χ4n) is 1.55. The molecule has 78 valence electrons. The van der Waals surface area contributed by atoms with Crippen molar-refractivity contribution in [1.82, 2.24) is 0 Å². The molecule has 0 amide bonds. The lowest BCUT2D eigenvalue weighted by molar-refractivity contribution is -0.137. The molecule has 1 aliphatic carbocycles. The molecular weight excluding hydrogens is 201 g/mol. The first kappa shape index (κ1) is 10.0. The molecule has 0 bridgehead atoms. The van der Waals surface area contributed by atoms with E-state index in [4.69, 9.17) is 0 Å². The van der Waals surface area contributed by atoms with Gasteiger partial charge in [-0.05, 0) is 17.7 Å². The number of benzene rings is 1. The summed E-state index contributed by atoms with van der Waals surface area (Å²) in [6, 6.07) is 5.28. The highest BCUT2D eigenvalue weighted by molar-refractivity contribution is 5.36. The fourth-order valence-corrected chi connectivity index (χ4v) is 1.55. The van der Waals surface area contributed by atoms with Crippen LogP contribution in [0.3, 0.4) is 0 Å². The van der Waals surface area contributed by atoms with Gasteiger partial charge in [-0.15, -0.1) is 0 Å². The predicted octanol–water partition coefficient (Wildman–Crippen LogP) is 3.92. The molecule has 15 heavy (non-hydrogen) atoms. The molecule has 0 aromatic heterocycles. The van der Waals surface area contributed by atoms with Crippen LogP contribution in [-0.4, -0.2) is 0 Å². The van der Waals surface area contributed by atoms with E-state index in [9.17, 15) is 13.2 Å². The zero-order valence-corrected chi connectivity index (χ0v) is 7.83. The van der Waals surface area contributed by atoms with Crippen molar-refractivity contribution in [3.8, 4) is 0 Å². The van der Waals surface area contributed by atoms with Crippen LogP contribution in [0, 0.1) is 0 Å². The van der Waals surface area contributed by atoms with Gasteiger partial charge in [0.15, 0.2) is 0 Å². The number of hydrogen-bond donors (Lipinski definition) is 0. The van der Waals surface area contributed by atoms with Crippen LogP contribution in [0.25, 0.3) is 0 Å². The summed E-state index contributed by atoms with van der Waals surface area (Å²) in [5.41, 5.74) is 0.283. The molecule has 0 heterocycles. The minimum absolute atomic E-state index is 0.118. The number of halogens is 3. The lowest BCUT2D eigenvalue weighted by Gasteiger charge is -2.09. The van der Waals surface area contributed by atoms with Crippen LogP contribution in [0.1, 0.15) is 17.0 Å². The molecule has 0 radical (unpaired) electrons. The normalized spacial score (nSPS) is 16.2. The van der Waals surface area contributed by atoms with E-state index in [1.165, 1.54) is 12.1 Å². The summed E-state index contributed by atoms with van der Waals surface area (Å²) >= 11 is 0. The Bertz CT molecular complexity index is 384. The van der Waals surface area contributed by atoms with E-state index in [0.717, 1.165) is 17.7 Å². The average Bonchev–Trinajstić information content (AvgIpc) is 2.69. The summed E-state index contributed by atoms with van der Waals surface area (Å²) in [7, 11) is 0. The Labute approximate surface area is 85.7 Å². The zero-order chi connectivity index (χ0) is 10.9. The van der Waals surface area contributed by atoms with E-state index >= 15 is 0 Å². The Kier molecular flexibility index (Phi) is 2.39. The minimum atomic E-state index is -4.25. The topological polar surface area (TPSA) is 0 Å². The van der Waals surface area contributed by atoms with E-state index in [1.54, 1.807) is 0 Å². The zero-order valence-electron chi connectivity index (χ0n) is 7.83. The van der Waals surface area contributed by atoms with E-state index in [0.29, 0.717) is 0 Å². The molecule has 3 heteroatoms. The monoisotopic (exact) mass is 210 g/mol. The van der Waals surface area contributed by atoms with Gasteiger partial charge in [0.05, 0.1) is 5.56 Å². The third-order valence-electron chi connectivity index (χ3n) is 2.37. The molecule has 0 unspecified atom stereocenters. The van der Waals surface area contributed by atoms with Crippen LogP contribution < -0.4 is 0 Å². The summed E-state index contributed by atoms with van der Waals surface area (Å²) in [5, 5.41) is 0. The van der Waals surface area contributed by atoms with Crippen LogP contribution in [0.15, 0.2) is 48.6 Å². The second kappa shape index (κ2) is 3.57. The lowest BCUT2D eigenvalue weighted by atomic mass is 9.99. The molecule has 0 atom stereocenters. The third kappa shape index (κ3) is 2.12. The summed E-state index contributed by atoms with van der Waals surface area (Å²) in [5.74, 6) is 0.118. The molecule has 0 saturated carbocycles. The van der Waals surface area contributed by atoms with Crippen molar-refractivity contribution in [2.24, 2.45) is 0 Å². The van der Waals surface area contributed by atoms with E-state index in [2.05, 4.69) is 0 Å². The Morgan fingerprint density at radius 2 is 1.40 bits per heavy atom. The second-order valence-corrected chi connectivity index (χ2v) is 3.42. The van der Waals surface area contributed by atoms with Gasteiger partial charge in [0, 0.05) is 5.92 Å². The van der Waals surface area contributed by atoms with Crippen molar-refractivity contribution < 1.29 is 13.2 Å². The van der Waals surface area contributed by atoms with E-state index in [1.807, 2.05) is 24.3 Å². The first-order chi connectivity index (χ1) is 7.07. The van der Waals surface area contributed by atoms with Gasteiger partial charge in [-0.1, -0.05) is 36.4 Å². The Balaban J connectivity index is 2.24. The second-order valence-electron chi connectivity index (χ2n) is 3.42. The van der Waals surface area contributed by atoms with Crippen molar-refractivity contribution >= 4 is 0 Å². The predicted molar refractivity (Wildman–Crippen MR) is 52.5 cm³/mol. The van der Waals surface area contributed by atoms with Crippen LogP contribution in [0.4, 0.5) is 13.2 Å². The number of hydrogen-bond acceptors (Lipinski definition) is 0. The summed E-state index contributed by atoms with van der Waals surface area (Å²) < 4.78 is 36.8. The van der Waals surface area contributed by atoms with Gasteiger partial charge in [-0.3, -0.25) is 0 Å². The molecule has 0 nitrogen and oxygen atoms in total. The molecule has 0 aliphatic heterocycles. The minimum Gasteiger partial charge on any atom is -0.166 e. The molecule has 2 rings (SSSR count). The van der Waals surface area contributed by atoms with E-state index in [-0.39, 0.29) is 5.92 Å². The number of allylic oxidation sites excluding steroid dienone is 4. The first-order valence-electron chi connectivity index (χ1n) is 4.59. The summed E-state index contributed by atoms with van der Waals surface area (Å²) in [4.78, 5) is 0. The van der Waals surface area contributed by atoms with Crippen molar-refractivity contribution in [2.45, 2.75) is 12.1 Å². The molecular formula is C12H9F3. The Hall–Kier alpha value is -1.51. The quantitative estimate of drug-likeness (QED) is 0.659. The highest BCUT2D eigenvalue weighted by Crippen LogP contribution is 2.31. The molecule has 1 aromatic carbocycles. The van der Waals surface area contributed by atoms with Gasteiger partial charge in [0.2, 0.25) is 0 Å². The van der Waals surface area contributed by atoms with Gasteiger partial charge >= 0.3 is 6.18 Å². The molecule has 0 spiro atoms. The number of alkyl halides is 3. The van der Waals surface area contributed by atoms with Crippen molar-refractivity contribution in [2.75, 3.05) is 0 Å². The molecule has 1 aliphatic rings. The van der Waals surface area contributed by atoms with Gasteiger partial charge in [0.1, 0.15) is 0 Å². The van der Waals surface area contributed by atoms with E-state index < -0.39 is 11.7 Å². The smallest absolute Gasteiger partial charge is 0.166 e. The third-order valence-corrected chi connectivity index (χ3v) is 2.37. The molecule has 1 aromatic rings. The Morgan fingerprint density at radius 3 is 1.87 bits per heavy atom. The van der Waals surface area contributed by atoms with Gasteiger partial charge in [-0.2, -0.15) is 13.2 Å². The Morgan fingerprint density at radius 1 is 0.867 bits per heavy atom. The maximum Gasteiger partial charge on any atom is 0.416 e. The standard InChI is InChI=1S/C12H9F3/c13-12(14,15)11-7-5-10(6-8-11)9-3-1-2-4-9/h1-9H. The molecule has 0 saturated heterocycles. The van der Waals surface area contributed by atoms with Crippen LogP contribution in [-0.2, 0) is 6.18 Å². The van der Waals surface area contributed by atoms with Gasteiger partial charge in [0.25, 0.3) is 0 Å². The maximum atomic E-state index is 12.3. The van der Waals surface area contributed by atoms with Crippen molar-refractivity contribution in [3.05, 3.63) is 59.7 Å². The molecule has 0 N–H and O–H groups in total. The number of rotatable bonds is 1. The lowest BCUT2D eigenvalue weighted by Crippen LogP contribution is -2.04.